The zero-order chi connectivity index (χ0) is 13.1. The monoisotopic (exact) mass is 248 g/mol. The Kier molecular flexibility index (Phi) is 3.87. The van der Waals surface area contributed by atoms with Crippen LogP contribution in [0.4, 0.5) is 19.0 Å². The summed E-state index contributed by atoms with van der Waals surface area (Å²) in [6.45, 7) is -0.422. The molecular weight excluding hydrogens is 237 g/mol. The summed E-state index contributed by atoms with van der Waals surface area (Å²) in [5.41, 5.74) is 5.23. The third-order valence-corrected chi connectivity index (χ3v) is 1.97. The number of nitrogens with zero attached hydrogens (tertiary/aromatic N) is 3. The Morgan fingerprint density at radius 2 is 2.06 bits per heavy atom. The van der Waals surface area contributed by atoms with Crippen molar-refractivity contribution in [3.8, 4) is 0 Å². The van der Waals surface area contributed by atoms with Gasteiger partial charge in [-0.25, -0.2) is 9.97 Å². The SMILES string of the molecule is CN(CCC(F)(F)F)C(=O)c1cnc(N)cn1. The molecule has 0 unspecified atom stereocenters. The molecule has 0 bridgehead atoms. The molecule has 94 valence electrons. The summed E-state index contributed by atoms with van der Waals surface area (Å²) in [4.78, 5) is 19.8. The van der Waals surface area contributed by atoms with Crippen molar-refractivity contribution in [1.29, 1.82) is 0 Å². The van der Waals surface area contributed by atoms with Crippen molar-refractivity contribution in [3.63, 3.8) is 0 Å². The first-order valence-corrected chi connectivity index (χ1v) is 4.69. The minimum Gasteiger partial charge on any atom is -0.382 e. The Balaban J connectivity index is 2.61. The van der Waals surface area contributed by atoms with E-state index >= 15 is 0 Å². The number of halogens is 3. The zero-order valence-electron chi connectivity index (χ0n) is 9.03. The third-order valence-electron chi connectivity index (χ3n) is 1.97. The van der Waals surface area contributed by atoms with Crippen LogP contribution in [0.25, 0.3) is 0 Å². The van der Waals surface area contributed by atoms with Gasteiger partial charge >= 0.3 is 6.18 Å². The molecule has 0 spiro atoms. The lowest BCUT2D eigenvalue weighted by molar-refractivity contribution is -0.136. The fourth-order valence-corrected chi connectivity index (χ4v) is 1.04. The Morgan fingerprint density at radius 1 is 1.41 bits per heavy atom. The lowest BCUT2D eigenvalue weighted by Crippen LogP contribution is -2.31. The first-order chi connectivity index (χ1) is 7.79. The van der Waals surface area contributed by atoms with Gasteiger partial charge in [0.1, 0.15) is 11.5 Å². The molecule has 1 heterocycles. The van der Waals surface area contributed by atoms with Crippen molar-refractivity contribution in [1.82, 2.24) is 14.9 Å². The highest BCUT2D eigenvalue weighted by Crippen LogP contribution is 2.19. The summed E-state index contributed by atoms with van der Waals surface area (Å²) in [6.07, 6.45) is -3.05. The summed E-state index contributed by atoms with van der Waals surface area (Å²) in [5, 5.41) is 0. The second kappa shape index (κ2) is 4.98. The molecule has 0 aliphatic heterocycles. The van der Waals surface area contributed by atoms with Gasteiger partial charge in [0, 0.05) is 13.6 Å². The van der Waals surface area contributed by atoms with E-state index in [2.05, 4.69) is 9.97 Å². The van der Waals surface area contributed by atoms with Gasteiger partial charge in [0.25, 0.3) is 5.91 Å². The van der Waals surface area contributed by atoms with Crippen molar-refractivity contribution in [2.45, 2.75) is 12.6 Å². The molecule has 5 nitrogen and oxygen atoms in total. The molecule has 0 aliphatic carbocycles. The summed E-state index contributed by atoms with van der Waals surface area (Å²) in [6, 6.07) is 0. The lowest BCUT2D eigenvalue weighted by Gasteiger charge is -2.17. The quantitative estimate of drug-likeness (QED) is 0.868. The summed E-state index contributed by atoms with van der Waals surface area (Å²) < 4.78 is 35.9. The first kappa shape index (κ1) is 13.2. The Labute approximate surface area is 95.5 Å². The van der Waals surface area contributed by atoms with Crippen molar-refractivity contribution in [2.75, 3.05) is 19.3 Å². The number of rotatable bonds is 3. The maximum absolute atomic E-state index is 12.0. The predicted octanol–water partition coefficient (Wildman–Crippen LogP) is 1.08. The highest BCUT2D eigenvalue weighted by atomic mass is 19.4. The van der Waals surface area contributed by atoms with Gasteiger partial charge in [-0.2, -0.15) is 13.2 Å². The van der Waals surface area contributed by atoms with Crippen LogP contribution in [0.2, 0.25) is 0 Å². The van der Waals surface area contributed by atoms with Crippen molar-refractivity contribution >= 4 is 11.7 Å². The summed E-state index contributed by atoms with van der Waals surface area (Å²) in [7, 11) is 1.27. The summed E-state index contributed by atoms with van der Waals surface area (Å²) in [5.74, 6) is -0.485. The van der Waals surface area contributed by atoms with Crippen LogP contribution in [-0.2, 0) is 0 Å². The molecule has 1 aromatic rings. The topological polar surface area (TPSA) is 72.1 Å². The number of carbonyl (C=O) groups excluding carboxylic acids is 1. The van der Waals surface area contributed by atoms with E-state index in [1.54, 1.807) is 0 Å². The molecule has 1 aromatic heterocycles. The van der Waals surface area contributed by atoms with Gasteiger partial charge in [0.2, 0.25) is 0 Å². The molecule has 2 N–H and O–H groups in total. The largest absolute Gasteiger partial charge is 0.390 e. The van der Waals surface area contributed by atoms with Crippen LogP contribution in [0.3, 0.4) is 0 Å². The molecule has 0 saturated carbocycles. The van der Waals surface area contributed by atoms with E-state index < -0.39 is 25.0 Å². The van der Waals surface area contributed by atoms with Gasteiger partial charge < -0.3 is 10.6 Å². The van der Waals surface area contributed by atoms with Gasteiger partial charge in [-0.3, -0.25) is 4.79 Å². The average Bonchev–Trinajstić information content (AvgIpc) is 2.25. The maximum Gasteiger partial charge on any atom is 0.390 e. The van der Waals surface area contributed by atoms with E-state index in [-0.39, 0.29) is 11.5 Å². The molecule has 0 aliphatic rings. The van der Waals surface area contributed by atoms with Gasteiger partial charge in [-0.05, 0) is 0 Å². The van der Waals surface area contributed by atoms with Crippen LogP contribution in [0.15, 0.2) is 12.4 Å². The van der Waals surface area contributed by atoms with Crippen LogP contribution < -0.4 is 5.73 Å². The van der Waals surface area contributed by atoms with Gasteiger partial charge in [0.05, 0.1) is 18.8 Å². The lowest BCUT2D eigenvalue weighted by atomic mass is 10.3. The number of amides is 1. The molecule has 17 heavy (non-hydrogen) atoms. The molecular formula is C9H11F3N4O. The maximum atomic E-state index is 12.0. The third kappa shape index (κ3) is 4.25. The highest BCUT2D eigenvalue weighted by Gasteiger charge is 2.28. The average molecular weight is 248 g/mol. The number of hydrogen-bond acceptors (Lipinski definition) is 4. The second-order valence-corrected chi connectivity index (χ2v) is 3.42. The van der Waals surface area contributed by atoms with Gasteiger partial charge in [-0.15, -0.1) is 0 Å². The van der Waals surface area contributed by atoms with Crippen LogP contribution in [0, 0.1) is 0 Å². The van der Waals surface area contributed by atoms with Crippen LogP contribution in [-0.4, -0.2) is 40.5 Å². The smallest absolute Gasteiger partial charge is 0.382 e. The van der Waals surface area contributed by atoms with Crippen LogP contribution >= 0.6 is 0 Å². The predicted molar refractivity (Wildman–Crippen MR) is 54.1 cm³/mol. The number of alkyl halides is 3. The zero-order valence-corrected chi connectivity index (χ0v) is 9.03. The minimum atomic E-state index is -4.29. The number of nitrogen functional groups attached to an aromatic ring is 1. The number of hydrogen-bond donors (Lipinski definition) is 1. The summed E-state index contributed by atoms with van der Waals surface area (Å²) >= 11 is 0. The number of anilines is 1. The molecule has 0 radical (unpaired) electrons. The van der Waals surface area contributed by atoms with Crippen molar-refractivity contribution < 1.29 is 18.0 Å². The minimum absolute atomic E-state index is 0.0381. The van der Waals surface area contributed by atoms with Gasteiger partial charge in [0.15, 0.2) is 0 Å². The van der Waals surface area contributed by atoms with E-state index in [9.17, 15) is 18.0 Å². The van der Waals surface area contributed by atoms with E-state index in [4.69, 9.17) is 5.73 Å². The Hall–Kier alpha value is -1.86. The Bertz CT molecular complexity index is 390. The first-order valence-electron chi connectivity index (χ1n) is 4.69. The Morgan fingerprint density at radius 3 is 2.53 bits per heavy atom. The molecule has 1 amide bonds. The van der Waals surface area contributed by atoms with Crippen LogP contribution in [0.5, 0.6) is 0 Å². The molecule has 0 atom stereocenters. The number of aromatic nitrogens is 2. The molecule has 8 heteroatoms. The fourth-order valence-electron chi connectivity index (χ4n) is 1.04. The number of nitrogens with two attached hydrogens (primary N) is 1. The normalized spacial score (nSPS) is 11.3. The van der Waals surface area contributed by atoms with Gasteiger partial charge in [-0.1, -0.05) is 0 Å². The van der Waals surface area contributed by atoms with E-state index in [1.165, 1.54) is 13.2 Å². The number of carbonyl (C=O) groups is 1. The molecule has 1 rings (SSSR count). The van der Waals surface area contributed by atoms with E-state index in [0.717, 1.165) is 11.1 Å². The highest BCUT2D eigenvalue weighted by molar-refractivity contribution is 5.91. The van der Waals surface area contributed by atoms with Crippen LogP contribution in [0.1, 0.15) is 16.9 Å². The van der Waals surface area contributed by atoms with Crippen molar-refractivity contribution in [3.05, 3.63) is 18.1 Å². The van der Waals surface area contributed by atoms with Crippen molar-refractivity contribution in [2.24, 2.45) is 0 Å². The molecule has 0 saturated heterocycles. The standard InChI is InChI=1S/C9H11F3N4O/c1-16(3-2-9(10,11)12)8(17)6-4-15-7(13)5-14-6/h4-5H,2-3H2,1H3,(H2,13,15). The molecule has 0 aromatic carbocycles. The fraction of sp³-hybridized carbons (Fsp3) is 0.444. The molecule has 0 fully saturated rings. The van der Waals surface area contributed by atoms with E-state index in [0.29, 0.717) is 0 Å². The second-order valence-electron chi connectivity index (χ2n) is 3.42. The van der Waals surface area contributed by atoms with E-state index in [1.807, 2.05) is 0 Å².